The molecule has 1 N–H and O–H groups in total. The van der Waals surface area contributed by atoms with Crippen molar-refractivity contribution in [3.05, 3.63) is 80.7 Å². The average molecular weight is 379 g/mol. The molecule has 1 aromatic heterocycles. The standard InChI is InChI=1S/C20H17N3O3S/c1-13-6-8-17(14(2)10-13)18-12-27-20(21-18)22-19(24)9-7-15-4-3-5-16(11-15)23(25)26/h3-12H,1-2H3,(H,21,22,24). The van der Waals surface area contributed by atoms with E-state index in [0.29, 0.717) is 10.7 Å². The Kier molecular flexibility index (Phi) is 5.42. The van der Waals surface area contributed by atoms with Crippen LogP contribution in [0.1, 0.15) is 16.7 Å². The van der Waals surface area contributed by atoms with Gasteiger partial charge in [-0.1, -0.05) is 35.9 Å². The number of carbonyl (C=O) groups excluding carboxylic acids is 1. The van der Waals surface area contributed by atoms with Crippen molar-refractivity contribution in [2.45, 2.75) is 13.8 Å². The molecule has 0 bridgehead atoms. The zero-order chi connectivity index (χ0) is 19.4. The summed E-state index contributed by atoms with van der Waals surface area (Å²) in [6.45, 7) is 4.07. The van der Waals surface area contributed by atoms with E-state index >= 15 is 0 Å². The van der Waals surface area contributed by atoms with Crippen LogP contribution in [0.15, 0.2) is 53.9 Å². The van der Waals surface area contributed by atoms with Crippen LogP contribution in [0.25, 0.3) is 17.3 Å². The maximum atomic E-state index is 12.1. The maximum absolute atomic E-state index is 12.1. The number of nitrogens with zero attached hydrogens (tertiary/aromatic N) is 2. The Hall–Kier alpha value is -3.32. The lowest BCUT2D eigenvalue weighted by atomic mass is 10.0. The molecule has 136 valence electrons. The number of rotatable bonds is 5. The molecule has 0 saturated carbocycles. The van der Waals surface area contributed by atoms with Crippen molar-refractivity contribution in [3.63, 3.8) is 0 Å². The van der Waals surface area contributed by atoms with E-state index in [9.17, 15) is 14.9 Å². The highest BCUT2D eigenvalue weighted by Gasteiger charge is 2.09. The van der Waals surface area contributed by atoms with Crippen molar-refractivity contribution in [1.29, 1.82) is 0 Å². The van der Waals surface area contributed by atoms with Crippen molar-refractivity contribution in [2.24, 2.45) is 0 Å². The number of non-ortho nitro benzene ring substituents is 1. The second kappa shape index (κ2) is 7.92. The molecule has 2 aromatic carbocycles. The van der Waals surface area contributed by atoms with E-state index in [2.05, 4.69) is 16.4 Å². The van der Waals surface area contributed by atoms with Crippen molar-refractivity contribution in [2.75, 3.05) is 5.32 Å². The van der Waals surface area contributed by atoms with Gasteiger partial charge in [-0.25, -0.2) is 4.98 Å². The van der Waals surface area contributed by atoms with E-state index in [1.807, 2.05) is 31.4 Å². The third-order valence-corrected chi connectivity index (χ3v) is 4.66. The van der Waals surface area contributed by atoms with Gasteiger partial charge in [0.1, 0.15) is 0 Å². The summed E-state index contributed by atoms with van der Waals surface area (Å²) >= 11 is 1.35. The Morgan fingerprint density at radius 3 is 2.78 bits per heavy atom. The number of nitrogens with one attached hydrogen (secondary N) is 1. The minimum atomic E-state index is -0.471. The lowest BCUT2D eigenvalue weighted by Crippen LogP contribution is -2.07. The van der Waals surface area contributed by atoms with Crippen molar-refractivity contribution < 1.29 is 9.72 Å². The molecule has 0 unspecified atom stereocenters. The van der Waals surface area contributed by atoms with Crippen LogP contribution < -0.4 is 5.32 Å². The van der Waals surface area contributed by atoms with Crippen LogP contribution in [-0.4, -0.2) is 15.8 Å². The fourth-order valence-electron chi connectivity index (χ4n) is 2.62. The van der Waals surface area contributed by atoms with Crippen LogP contribution in [-0.2, 0) is 4.79 Å². The van der Waals surface area contributed by atoms with Crippen LogP contribution in [0.4, 0.5) is 10.8 Å². The number of hydrogen-bond acceptors (Lipinski definition) is 5. The Bertz CT molecular complexity index is 1040. The summed E-state index contributed by atoms with van der Waals surface area (Å²) in [5.74, 6) is -0.344. The number of thiazole rings is 1. The predicted molar refractivity (Wildman–Crippen MR) is 108 cm³/mol. The van der Waals surface area contributed by atoms with Gasteiger partial charge in [-0.05, 0) is 31.1 Å². The van der Waals surface area contributed by atoms with Crippen molar-refractivity contribution in [1.82, 2.24) is 4.98 Å². The maximum Gasteiger partial charge on any atom is 0.270 e. The Morgan fingerprint density at radius 1 is 1.22 bits per heavy atom. The van der Waals surface area contributed by atoms with Crippen LogP contribution in [0.5, 0.6) is 0 Å². The SMILES string of the molecule is Cc1ccc(-c2csc(NC(=O)C=Cc3cccc([N+](=O)[O-])c3)n2)c(C)c1. The molecule has 0 aliphatic rings. The topological polar surface area (TPSA) is 85.1 Å². The molecule has 27 heavy (non-hydrogen) atoms. The van der Waals surface area contributed by atoms with Gasteiger partial charge in [0.05, 0.1) is 10.6 Å². The number of amides is 1. The van der Waals surface area contributed by atoms with Gasteiger partial charge in [0.15, 0.2) is 5.13 Å². The van der Waals surface area contributed by atoms with Crippen LogP contribution in [0, 0.1) is 24.0 Å². The van der Waals surface area contributed by atoms with Crippen LogP contribution >= 0.6 is 11.3 Å². The summed E-state index contributed by atoms with van der Waals surface area (Å²) in [5, 5.41) is 15.9. The number of anilines is 1. The Morgan fingerprint density at radius 2 is 2.04 bits per heavy atom. The van der Waals surface area contributed by atoms with Gasteiger partial charge in [-0.3, -0.25) is 20.2 Å². The molecule has 3 rings (SSSR count). The molecule has 1 amide bonds. The monoisotopic (exact) mass is 379 g/mol. The third-order valence-electron chi connectivity index (χ3n) is 3.90. The smallest absolute Gasteiger partial charge is 0.270 e. The zero-order valence-electron chi connectivity index (χ0n) is 14.8. The second-order valence-corrected chi connectivity index (χ2v) is 6.89. The molecule has 0 radical (unpaired) electrons. The predicted octanol–water partition coefficient (Wildman–Crippen LogP) is 4.99. The molecule has 0 saturated heterocycles. The molecule has 6 nitrogen and oxygen atoms in total. The molecule has 7 heteroatoms. The third kappa shape index (κ3) is 4.65. The van der Waals surface area contributed by atoms with Gasteiger partial charge in [-0.15, -0.1) is 11.3 Å². The summed E-state index contributed by atoms with van der Waals surface area (Å²) < 4.78 is 0. The molecule has 0 aliphatic heterocycles. The zero-order valence-corrected chi connectivity index (χ0v) is 15.6. The average Bonchev–Trinajstić information content (AvgIpc) is 3.08. The van der Waals surface area contributed by atoms with E-state index in [0.717, 1.165) is 16.8 Å². The molecule has 0 fully saturated rings. The molecular weight excluding hydrogens is 362 g/mol. The number of nitro benzene ring substituents is 1. The molecule has 0 aliphatic carbocycles. The first kappa shape index (κ1) is 18.5. The van der Waals surface area contributed by atoms with E-state index in [-0.39, 0.29) is 11.6 Å². The highest BCUT2D eigenvalue weighted by atomic mass is 32.1. The van der Waals surface area contributed by atoms with Gasteiger partial charge in [0.25, 0.3) is 5.69 Å². The lowest BCUT2D eigenvalue weighted by Gasteiger charge is -2.03. The number of carbonyl (C=O) groups is 1. The molecule has 1 heterocycles. The molecule has 0 atom stereocenters. The summed E-state index contributed by atoms with van der Waals surface area (Å²) in [6.07, 6.45) is 2.86. The number of hydrogen-bond donors (Lipinski definition) is 1. The lowest BCUT2D eigenvalue weighted by molar-refractivity contribution is -0.384. The fourth-order valence-corrected chi connectivity index (χ4v) is 3.33. The van der Waals surface area contributed by atoms with Crippen molar-refractivity contribution >= 4 is 34.1 Å². The normalized spacial score (nSPS) is 10.9. The Balaban J connectivity index is 1.69. The highest BCUT2D eigenvalue weighted by molar-refractivity contribution is 7.14. The molecule has 3 aromatic rings. The van der Waals surface area contributed by atoms with E-state index in [1.165, 1.54) is 41.2 Å². The van der Waals surface area contributed by atoms with E-state index < -0.39 is 4.92 Å². The van der Waals surface area contributed by atoms with Gasteiger partial charge in [-0.2, -0.15) is 0 Å². The minimum absolute atomic E-state index is 0.0180. The first-order valence-corrected chi connectivity index (χ1v) is 9.07. The van der Waals surface area contributed by atoms with Crippen LogP contribution in [0.3, 0.4) is 0 Å². The Labute approximate surface area is 160 Å². The van der Waals surface area contributed by atoms with Gasteiger partial charge in [0, 0.05) is 29.2 Å². The molecule has 0 spiro atoms. The van der Waals surface area contributed by atoms with E-state index in [4.69, 9.17) is 0 Å². The highest BCUT2D eigenvalue weighted by Crippen LogP contribution is 2.28. The summed E-state index contributed by atoms with van der Waals surface area (Å²) in [6, 6.07) is 12.2. The van der Waals surface area contributed by atoms with E-state index in [1.54, 1.807) is 12.1 Å². The largest absolute Gasteiger partial charge is 0.298 e. The first-order valence-electron chi connectivity index (χ1n) is 8.19. The second-order valence-electron chi connectivity index (χ2n) is 6.03. The summed E-state index contributed by atoms with van der Waals surface area (Å²) in [4.78, 5) is 26.9. The van der Waals surface area contributed by atoms with Gasteiger partial charge >= 0.3 is 0 Å². The minimum Gasteiger partial charge on any atom is -0.298 e. The van der Waals surface area contributed by atoms with Crippen LogP contribution in [0.2, 0.25) is 0 Å². The van der Waals surface area contributed by atoms with Gasteiger partial charge in [0.2, 0.25) is 5.91 Å². The summed E-state index contributed by atoms with van der Waals surface area (Å²) in [5.41, 5.74) is 4.72. The van der Waals surface area contributed by atoms with Gasteiger partial charge < -0.3 is 0 Å². The first-order chi connectivity index (χ1) is 12.9. The number of aromatic nitrogens is 1. The number of aryl methyl sites for hydroxylation is 2. The number of benzene rings is 2. The number of nitro groups is 1. The molecular formula is C20H17N3O3S. The fraction of sp³-hybridized carbons (Fsp3) is 0.100. The summed E-state index contributed by atoms with van der Waals surface area (Å²) in [7, 11) is 0. The van der Waals surface area contributed by atoms with Crippen molar-refractivity contribution in [3.8, 4) is 11.3 Å². The quantitative estimate of drug-likeness (QED) is 0.384.